The molecule has 142 valence electrons. The van der Waals surface area contributed by atoms with Crippen molar-refractivity contribution in [3.05, 3.63) is 35.6 Å². The maximum Gasteiger partial charge on any atom is 0.226 e. The maximum atomic E-state index is 13.1. The molecule has 1 aliphatic heterocycles. The molecule has 0 radical (unpaired) electrons. The Morgan fingerprint density at radius 2 is 1.69 bits per heavy atom. The zero-order chi connectivity index (χ0) is 18.3. The second-order valence-electron chi connectivity index (χ2n) is 7.85. The molecule has 3 fully saturated rings. The molecule has 1 aromatic carbocycles. The summed E-state index contributed by atoms with van der Waals surface area (Å²) in [6, 6.07) is 6.41. The molecule has 26 heavy (non-hydrogen) atoms. The predicted molar refractivity (Wildman–Crippen MR) is 96.5 cm³/mol. The lowest BCUT2D eigenvalue weighted by molar-refractivity contribution is -0.142. The van der Waals surface area contributed by atoms with Gasteiger partial charge >= 0.3 is 0 Å². The minimum absolute atomic E-state index is 0.0397. The van der Waals surface area contributed by atoms with E-state index < -0.39 is 15.3 Å². The largest absolute Gasteiger partial charge is 0.340 e. The van der Waals surface area contributed by atoms with Crippen LogP contribution in [0.4, 0.5) is 4.39 Å². The molecule has 0 spiro atoms. The smallest absolute Gasteiger partial charge is 0.226 e. The van der Waals surface area contributed by atoms with Crippen molar-refractivity contribution in [1.29, 1.82) is 0 Å². The van der Waals surface area contributed by atoms with Gasteiger partial charge in [0.25, 0.3) is 0 Å². The van der Waals surface area contributed by atoms with E-state index in [4.69, 9.17) is 0 Å². The van der Waals surface area contributed by atoms with Crippen LogP contribution in [-0.4, -0.2) is 43.6 Å². The van der Waals surface area contributed by atoms with Gasteiger partial charge in [0.2, 0.25) is 15.9 Å². The van der Waals surface area contributed by atoms with Gasteiger partial charge in [0, 0.05) is 25.0 Å². The third kappa shape index (κ3) is 3.39. The lowest BCUT2D eigenvalue weighted by atomic mass is 9.69. The summed E-state index contributed by atoms with van der Waals surface area (Å²) in [4.78, 5) is 14.4. The average Bonchev–Trinajstić information content (AvgIpc) is 2.98. The van der Waals surface area contributed by atoms with Crippen LogP contribution in [0.5, 0.6) is 0 Å². The molecule has 1 saturated heterocycles. The number of halogens is 1. The number of rotatable bonds is 5. The number of hydrogen-bond donors (Lipinski definition) is 1. The molecular weight excluding hydrogens is 355 g/mol. The topological polar surface area (TPSA) is 66.5 Å². The van der Waals surface area contributed by atoms with Crippen molar-refractivity contribution in [2.24, 2.45) is 5.92 Å². The number of benzene rings is 1. The second kappa shape index (κ2) is 6.93. The molecule has 5 nitrogen and oxygen atoms in total. The van der Waals surface area contributed by atoms with E-state index in [1.807, 2.05) is 0 Å². The molecule has 7 heteroatoms. The fourth-order valence-electron chi connectivity index (χ4n) is 4.33. The number of nitrogens with zero attached hydrogens (tertiary/aromatic N) is 1. The van der Waals surface area contributed by atoms with Crippen LogP contribution in [0.2, 0.25) is 0 Å². The highest BCUT2D eigenvalue weighted by Crippen LogP contribution is 2.44. The molecule has 0 bridgehead atoms. The molecule has 3 aliphatic rings. The first-order valence-electron chi connectivity index (χ1n) is 9.49. The molecule has 2 aliphatic carbocycles. The zero-order valence-corrected chi connectivity index (χ0v) is 15.6. The SMILES string of the molecule is O=C(C1CCC1c1ccc(F)cc1)N1CC(S(=O)(=O)NC2CCCC2)C1. The van der Waals surface area contributed by atoms with E-state index in [9.17, 15) is 17.6 Å². The van der Waals surface area contributed by atoms with E-state index >= 15 is 0 Å². The standard InChI is InChI=1S/C19H25FN2O3S/c20-14-7-5-13(6-8-14)17-9-10-18(17)19(23)22-11-16(12-22)26(24,25)21-15-3-1-2-4-15/h5-8,15-18,21H,1-4,9-12H2. The van der Waals surface area contributed by atoms with Gasteiger partial charge in [-0.05, 0) is 49.3 Å². The number of sulfonamides is 1. The van der Waals surface area contributed by atoms with Crippen molar-refractivity contribution >= 4 is 15.9 Å². The number of carbonyl (C=O) groups excluding carboxylic acids is 1. The number of likely N-dealkylation sites (tertiary alicyclic amines) is 1. The average molecular weight is 380 g/mol. The van der Waals surface area contributed by atoms with E-state index in [1.54, 1.807) is 17.0 Å². The minimum atomic E-state index is -3.34. The third-order valence-corrected chi connectivity index (χ3v) is 8.01. The van der Waals surface area contributed by atoms with E-state index in [-0.39, 0.29) is 42.7 Å². The van der Waals surface area contributed by atoms with Crippen LogP contribution in [-0.2, 0) is 14.8 Å². The molecule has 0 aromatic heterocycles. The van der Waals surface area contributed by atoms with Crippen molar-refractivity contribution in [2.45, 2.75) is 55.7 Å². The minimum Gasteiger partial charge on any atom is -0.340 e. The maximum absolute atomic E-state index is 13.1. The molecule has 2 saturated carbocycles. The highest BCUT2D eigenvalue weighted by molar-refractivity contribution is 7.90. The van der Waals surface area contributed by atoms with E-state index in [0.29, 0.717) is 0 Å². The molecular formula is C19H25FN2O3S. The van der Waals surface area contributed by atoms with Gasteiger partial charge in [0.05, 0.1) is 0 Å². The lowest BCUT2D eigenvalue weighted by Gasteiger charge is -2.45. The van der Waals surface area contributed by atoms with Gasteiger partial charge < -0.3 is 4.90 Å². The van der Waals surface area contributed by atoms with Crippen LogP contribution < -0.4 is 4.72 Å². The van der Waals surface area contributed by atoms with E-state index in [2.05, 4.69) is 4.72 Å². The number of carbonyl (C=O) groups is 1. The predicted octanol–water partition coefficient (Wildman–Crippen LogP) is 2.39. The molecule has 2 unspecified atom stereocenters. The number of amides is 1. The normalized spacial score (nSPS) is 27.2. The Kier molecular flexibility index (Phi) is 4.77. The van der Waals surface area contributed by atoms with Crippen molar-refractivity contribution in [2.75, 3.05) is 13.1 Å². The summed E-state index contributed by atoms with van der Waals surface area (Å²) in [7, 11) is -3.34. The van der Waals surface area contributed by atoms with E-state index in [1.165, 1.54) is 12.1 Å². The monoisotopic (exact) mass is 380 g/mol. The molecule has 2 atom stereocenters. The van der Waals surface area contributed by atoms with Crippen LogP contribution in [0.3, 0.4) is 0 Å². The summed E-state index contributed by atoms with van der Waals surface area (Å²) < 4.78 is 40.7. The third-order valence-electron chi connectivity index (χ3n) is 6.17. The van der Waals surface area contributed by atoms with Crippen LogP contribution in [0.15, 0.2) is 24.3 Å². The van der Waals surface area contributed by atoms with Crippen LogP contribution in [0, 0.1) is 11.7 Å². The molecule has 4 rings (SSSR count). The van der Waals surface area contributed by atoms with Gasteiger partial charge in [-0.3, -0.25) is 4.79 Å². The van der Waals surface area contributed by atoms with Gasteiger partial charge in [-0.15, -0.1) is 0 Å². The highest BCUT2D eigenvalue weighted by Gasteiger charge is 2.46. The van der Waals surface area contributed by atoms with Gasteiger partial charge in [-0.2, -0.15) is 0 Å². The van der Waals surface area contributed by atoms with Crippen molar-refractivity contribution in [3.8, 4) is 0 Å². The second-order valence-corrected chi connectivity index (χ2v) is 9.84. The van der Waals surface area contributed by atoms with Gasteiger partial charge in [-0.25, -0.2) is 17.5 Å². The first-order chi connectivity index (χ1) is 12.4. The quantitative estimate of drug-likeness (QED) is 0.853. The summed E-state index contributed by atoms with van der Waals surface area (Å²) in [5.74, 6) is -0.221. The summed E-state index contributed by atoms with van der Waals surface area (Å²) in [6.45, 7) is 0.570. The fourth-order valence-corrected chi connectivity index (χ4v) is 5.97. The number of hydrogen-bond acceptors (Lipinski definition) is 3. The van der Waals surface area contributed by atoms with Crippen LogP contribution in [0.1, 0.15) is 50.0 Å². The van der Waals surface area contributed by atoms with Gasteiger partial charge in [0.15, 0.2) is 0 Å². The molecule has 1 amide bonds. The van der Waals surface area contributed by atoms with Crippen molar-refractivity contribution in [1.82, 2.24) is 9.62 Å². The Hall–Kier alpha value is -1.47. The van der Waals surface area contributed by atoms with E-state index in [0.717, 1.165) is 44.1 Å². The first-order valence-corrected chi connectivity index (χ1v) is 11.0. The summed E-state index contributed by atoms with van der Waals surface area (Å²) in [5.41, 5.74) is 0.989. The zero-order valence-electron chi connectivity index (χ0n) is 14.7. The lowest BCUT2D eigenvalue weighted by Crippen LogP contribution is -2.62. The highest BCUT2D eigenvalue weighted by atomic mass is 32.2. The Morgan fingerprint density at radius 3 is 2.27 bits per heavy atom. The molecule has 1 N–H and O–H groups in total. The van der Waals surface area contributed by atoms with Crippen LogP contribution >= 0.6 is 0 Å². The molecule has 1 aromatic rings. The molecule has 1 heterocycles. The Labute approximate surface area is 154 Å². The van der Waals surface area contributed by atoms with Crippen LogP contribution in [0.25, 0.3) is 0 Å². The number of nitrogens with one attached hydrogen (secondary N) is 1. The summed E-state index contributed by atoms with van der Waals surface area (Å²) in [5, 5.41) is -0.489. The Morgan fingerprint density at radius 1 is 1.04 bits per heavy atom. The summed E-state index contributed by atoms with van der Waals surface area (Å²) >= 11 is 0. The fraction of sp³-hybridized carbons (Fsp3) is 0.632. The van der Waals surface area contributed by atoms with Gasteiger partial charge in [0.1, 0.15) is 11.1 Å². The Bertz CT molecular complexity index is 768. The van der Waals surface area contributed by atoms with Crippen molar-refractivity contribution in [3.63, 3.8) is 0 Å². The first kappa shape index (κ1) is 17.9. The Balaban J connectivity index is 1.32. The van der Waals surface area contributed by atoms with Crippen molar-refractivity contribution < 1.29 is 17.6 Å². The summed E-state index contributed by atoms with van der Waals surface area (Å²) in [6.07, 6.45) is 5.71. The van der Waals surface area contributed by atoms with Gasteiger partial charge in [-0.1, -0.05) is 25.0 Å².